The summed E-state index contributed by atoms with van der Waals surface area (Å²) in [7, 11) is 0. The van der Waals surface area contributed by atoms with Gasteiger partial charge in [-0.1, -0.05) is 28.1 Å². The average Bonchev–Trinajstić information content (AvgIpc) is 2.39. The van der Waals surface area contributed by atoms with E-state index in [9.17, 15) is 5.26 Å². The Morgan fingerprint density at radius 1 is 1.16 bits per heavy atom. The summed E-state index contributed by atoms with van der Waals surface area (Å²) in [6, 6.07) is 12.1. The third kappa shape index (κ3) is 2.99. The summed E-state index contributed by atoms with van der Waals surface area (Å²) < 4.78 is 1.03. The number of nitriles is 1. The quantitative estimate of drug-likeness (QED) is 0.841. The van der Waals surface area contributed by atoms with Crippen molar-refractivity contribution < 1.29 is 0 Å². The fourth-order valence-electron chi connectivity index (χ4n) is 1.67. The van der Waals surface area contributed by atoms with Crippen LogP contribution in [0.1, 0.15) is 25.4 Å². The summed E-state index contributed by atoms with van der Waals surface area (Å²) in [5.74, 6) is 0.563. The number of aromatic nitrogens is 2. The molecule has 0 N–H and O–H groups in total. The highest BCUT2D eigenvalue weighted by Gasteiger charge is 2.24. The maximum absolute atomic E-state index is 9.20. The molecule has 0 bridgehead atoms. The number of hydrogen-bond acceptors (Lipinski definition) is 3. The van der Waals surface area contributed by atoms with Crippen LogP contribution >= 0.6 is 15.9 Å². The second-order valence-electron chi connectivity index (χ2n) is 4.96. The lowest BCUT2D eigenvalue weighted by molar-refractivity contribution is 0.626. The van der Waals surface area contributed by atoms with E-state index in [1.165, 1.54) is 0 Å². The predicted octanol–water partition coefficient (Wildman–Crippen LogP) is 4.02. The molecule has 0 unspecified atom stereocenters. The van der Waals surface area contributed by atoms with Crippen LogP contribution in [0.25, 0.3) is 11.3 Å². The van der Waals surface area contributed by atoms with Crippen LogP contribution in [0.4, 0.5) is 0 Å². The predicted molar refractivity (Wildman–Crippen MR) is 78.5 cm³/mol. The van der Waals surface area contributed by atoms with Crippen molar-refractivity contribution in [3.63, 3.8) is 0 Å². The maximum Gasteiger partial charge on any atom is 0.148 e. The van der Waals surface area contributed by atoms with Crippen molar-refractivity contribution in [2.45, 2.75) is 26.2 Å². The molecule has 2 aromatic rings. The van der Waals surface area contributed by atoms with E-state index in [0.29, 0.717) is 5.82 Å². The molecule has 2 rings (SSSR count). The van der Waals surface area contributed by atoms with Gasteiger partial charge in [0.2, 0.25) is 0 Å². The van der Waals surface area contributed by atoms with Crippen LogP contribution in [0.3, 0.4) is 0 Å². The summed E-state index contributed by atoms with van der Waals surface area (Å²) in [6.45, 7) is 5.57. The zero-order valence-electron chi connectivity index (χ0n) is 11.1. The van der Waals surface area contributed by atoms with E-state index in [0.717, 1.165) is 21.4 Å². The minimum atomic E-state index is -0.684. The van der Waals surface area contributed by atoms with Gasteiger partial charge in [0, 0.05) is 15.7 Å². The Morgan fingerprint density at radius 2 is 1.79 bits per heavy atom. The van der Waals surface area contributed by atoms with Gasteiger partial charge in [-0.2, -0.15) is 5.26 Å². The highest BCUT2D eigenvalue weighted by Crippen LogP contribution is 2.24. The minimum Gasteiger partial charge on any atom is -0.236 e. The molecular formula is C15H14BrN3. The summed E-state index contributed by atoms with van der Waals surface area (Å²) in [5, 5.41) is 9.20. The molecule has 0 amide bonds. The fourth-order valence-corrected chi connectivity index (χ4v) is 1.93. The first-order chi connectivity index (χ1) is 8.92. The second-order valence-corrected chi connectivity index (χ2v) is 5.88. The topological polar surface area (TPSA) is 49.6 Å². The monoisotopic (exact) mass is 315 g/mol. The van der Waals surface area contributed by atoms with E-state index in [1.54, 1.807) is 0 Å². The van der Waals surface area contributed by atoms with Gasteiger partial charge in [-0.05, 0) is 39.0 Å². The molecule has 0 spiro atoms. The lowest BCUT2D eigenvalue weighted by Gasteiger charge is -2.15. The van der Waals surface area contributed by atoms with E-state index < -0.39 is 5.41 Å². The summed E-state index contributed by atoms with van der Waals surface area (Å²) >= 11 is 3.41. The normalized spacial score (nSPS) is 11.1. The van der Waals surface area contributed by atoms with Crippen molar-refractivity contribution in [3.8, 4) is 17.3 Å². The zero-order chi connectivity index (χ0) is 14.0. The van der Waals surface area contributed by atoms with Crippen molar-refractivity contribution in [1.29, 1.82) is 5.26 Å². The van der Waals surface area contributed by atoms with Gasteiger partial charge in [0.25, 0.3) is 0 Å². The molecular weight excluding hydrogens is 302 g/mol. The molecule has 0 radical (unpaired) electrons. The number of rotatable bonds is 2. The Balaban J connectivity index is 2.54. The van der Waals surface area contributed by atoms with Gasteiger partial charge in [-0.3, -0.25) is 0 Å². The Labute approximate surface area is 121 Å². The number of hydrogen-bond donors (Lipinski definition) is 0. The summed E-state index contributed by atoms with van der Waals surface area (Å²) in [6.07, 6.45) is 0. The number of nitrogens with zero attached hydrogens (tertiary/aromatic N) is 3. The Hall–Kier alpha value is -1.73. The lowest BCUT2D eigenvalue weighted by atomic mass is 9.94. The van der Waals surface area contributed by atoms with Gasteiger partial charge in [0.15, 0.2) is 0 Å². The van der Waals surface area contributed by atoms with Crippen LogP contribution in [0.2, 0.25) is 0 Å². The number of aryl methyl sites for hydroxylation is 1. The summed E-state index contributed by atoms with van der Waals surface area (Å²) in [5.41, 5.74) is 2.05. The van der Waals surface area contributed by atoms with Crippen molar-refractivity contribution in [1.82, 2.24) is 9.97 Å². The lowest BCUT2D eigenvalue weighted by Crippen LogP contribution is -2.19. The zero-order valence-corrected chi connectivity index (χ0v) is 12.7. The van der Waals surface area contributed by atoms with Crippen LogP contribution in [0.15, 0.2) is 34.8 Å². The molecule has 0 fully saturated rings. The third-order valence-corrected chi connectivity index (χ3v) is 3.36. The maximum atomic E-state index is 9.20. The molecule has 0 saturated carbocycles. The van der Waals surface area contributed by atoms with Crippen LogP contribution in [-0.2, 0) is 5.41 Å². The molecule has 0 aliphatic heterocycles. The molecule has 0 aliphatic carbocycles. The van der Waals surface area contributed by atoms with E-state index in [2.05, 4.69) is 32.0 Å². The van der Waals surface area contributed by atoms with Gasteiger partial charge in [-0.15, -0.1) is 0 Å². The molecule has 1 aromatic heterocycles. The molecule has 3 nitrogen and oxygen atoms in total. The number of halogens is 1. The van der Waals surface area contributed by atoms with Gasteiger partial charge >= 0.3 is 0 Å². The van der Waals surface area contributed by atoms with Crippen molar-refractivity contribution in [3.05, 3.63) is 46.3 Å². The van der Waals surface area contributed by atoms with E-state index >= 15 is 0 Å². The van der Waals surface area contributed by atoms with Crippen LogP contribution < -0.4 is 0 Å². The molecule has 1 heterocycles. The first kappa shape index (κ1) is 13.7. The third-order valence-electron chi connectivity index (χ3n) is 2.83. The van der Waals surface area contributed by atoms with Crippen molar-refractivity contribution >= 4 is 15.9 Å². The first-order valence-corrected chi connectivity index (χ1v) is 6.75. The molecule has 0 saturated heterocycles. The SMILES string of the molecule is Cc1cc(-c2ccc(Br)cc2)nc(C(C)(C)C#N)n1. The van der Waals surface area contributed by atoms with Gasteiger partial charge in [0.05, 0.1) is 11.8 Å². The molecule has 1 aromatic carbocycles. The Morgan fingerprint density at radius 3 is 2.37 bits per heavy atom. The van der Waals surface area contributed by atoms with E-state index in [-0.39, 0.29) is 0 Å². The smallest absolute Gasteiger partial charge is 0.148 e. The van der Waals surface area contributed by atoms with Gasteiger partial charge in [-0.25, -0.2) is 9.97 Å². The number of benzene rings is 1. The molecule has 19 heavy (non-hydrogen) atoms. The average molecular weight is 316 g/mol. The van der Waals surface area contributed by atoms with Crippen LogP contribution in [-0.4, -0.2) is 9.97 Å². The highest BCUT2D eigenvalue weighted by molar-refractivity contribution is 9.10. The Bertz CT molecular complexity index is 639. The largest absolute Gasteiger partial charge is 0.236 e. The molecule has 4 heteroatoms. The molecule has 0 atom stereocenters. The van der Waals surface area contributed by atoms with Gasteiger partial charge < -0.3 is 0 Å². The standard InChI is InChI=1S/C15H14BrN3/c1-10-8-13(11-4-6-12(16)7-5-11)19-14(18-10)15(2,3)9-17/h4-8H,1-3H3. The van der Waals surface area contributed by atoms with Crippen LogP contribution in [0, 0.1) is 18.3 Å². The second kappa shape index (κ2) is 5.10. The van der Waals surface area contributed by atoms with Crippen molar-refractivity contribution in [2.75, 3.05) is 0 Å². The molecule has 96 valence electrons. The van der Waals surface area contributed by atoms with Crippen LogP contribution in [0.5, 0.6) is 0 Å². The highest BCUT2D eigenvalue weighted by atomic mass is 79.9. The first-order valence-electron chi connectivity index (χ1n) is 5.96. The van der Waals surface area contributed by atoms with E-state index in [1.807, 2.05) is 51.1 Å². The fraction of sp³-hybridized carbons (Fsp3) is 0.267. The molecule has 0 aliphatic rings. The van der Waals surface area contributed by atoms with Crippen molar-refractivity contribution in [2.24, 2.45) is 0 Å². The van der Waals surface area contributed by atoms with Gasteiger partial charge in [0.1, 0.15) is 11.2 Å². The summed E-state index contributed by atoms with van der Waals surface area (Å²) in [4.78, 5) is 8.90. The minimum absolute atomic E-state index is 0.563. The Kier molecular flexibility index (Phi) is 3.68. The van der Waals surface area contributed by atoms with E-state index in [4.69, 9.17) is 0 Å².